The van der Waals surface area contributed by atoms with E-state index in [2.05, 4.69) is 15.6 Å². The summed E-state index contributed by atoms with van der Waals surface area (Å²) < 4.78 is 5.24. The average Bonchev–Trinajstić information content (AvgIpc) is 2.79. The molecule has 0 bridgehead atoms. The second kappa shape index (κ2) is 8.54. The van der Waals surface area contributed by atoms with Gasteiger partial charge in [0.2, 0.25) is 5.56 Å². The number of nitrogens with one attached hydrogen (secondary N) is 3. The molecule has 1 heterocycles. The SMILES string of the molecule is COc1ccccc1NC(=O)c1ccc(NC(=O)c2cc(=O)[nH]c3ccccc23)cc1. The maximum atomic E-state index is 12.8. The molecule has 1 aromatic heterocycles. The van der Waals surface area contributed by atoms with Crippen molar-refractivity contribution in [2.45, 2.75) is 0 Å². The van der Waals surface area contributed by atoms with E-state index in [9.17, 15) is 14.4 Å². The van der Waals surface area contributed by atoms with E-state index in [1.807, 2.05) is 6.07 Å². The topological polar surface area (TPSA) is 100 Å². The molecule has 0 aliphatic heterocycles. The van der Waals surface area contributed by atoms with Crippen molar-refractivity contribution >= 4 is 34.1 Å². The fraction of sp³-hybridized carbons (Fsp3) is 0.0417. The minimum atomic E-state index is -0.409. The lowest BCUT2D eigenvalue weighted by Crippen LogP contribution is -2.17. The van der Waals surface area contributed by atoms with Crippen LogP contribution in [-0.4, -0.2) is 23.9 Å². The highest BCUT2D eigenvalue weighted by molar-refractivity contribution is 6.12. The quantitative estimate of drug-likeness (QED) is 0.460. The molecular weight excluding hydrogens is 394 g/mol. The van der Waals surface area contributed by atoms with E-state index < -0.39 is 5.91 Å². The molecule has 4 rings (SSSR count). The third-order valence-electron chi connectivity index (χ3n) is 4.76. The Morgan fingerprint density at radius 2 is 1.55 bits per heavy atom. The molecule has 154 valence electrons. The highest BCUT2D eigenvalue weighted by atomic mass is 16.5. The number of benzene rings is 3. The molecule has 3 aromatic carbocycles. The van der Waals surface area contributed by atoms with Crippen molar-refractivity contribution in [2.75, 3.05) is 17.7 Å². The summed E-state index contributed by atoms with van der Waals surface area (Å²) in [5.41, 5.74) is 2.00. The summed E-state index contributed by atoms with van der Waals surface area (Å²) in [6.45, 7) is 0. The number of fused-ring (bicyclic) bond motifs is 1. The molecule has 0 radical (unpaired) electrons. The molecule has 4 aromatic rings. The normalized spacial score (nSPS) is 10.5. The van der Waals surface area contributed by atoms with Gasteiger partial charge in [0.15, 0.2) is 0 Å². The summed E-state index contributed by atoms with van der Waals surface area (Å²) in [6, 6.07) is 22.0. The number of ether oxygens (including phenoxy) is 1. The number of hydrogen-bond acceptors (Lipinski definition) is 4. The average molecular weight is 413 g/mol. The Bertz CT molecular complexity index is 1330. The number of amides is 2. The Balaban J connectivity index is 1.51. The van der Waals surface area contributed by atoms with Gasteiger partial charge in [0.05, 0.1) is 18.4 Å². The lowest BCUT2D eigenvalue weighted by atomic mass is 10.1. The molecule has 2 amide bonds. The van der Waals surface area contributed by atoms with Gasteiger partial charge < -0.3 is 20.4 Å². The van der Waals surface area contributed by atoms with Crippen LogP contribution in [-0.2, 0) is 0 Å². The van der Waals surface area contributed by atoms with E-state index in [-0.39, 0.29) is 17.0 Å². The van der Waals surface area contributed by atoms with Crippen LogP contribution in [0.4, 0.5) is 11.4 Å². The minimum Gasteiger partial charge on any atom is -0.495 e. The number of methoxy groups -OCH3 is 1. The lowest BCUT2D eigenvalue weighted by molar-refractivity contribution is 0.102. The number of rotatable bonds is 5. The highest BCUT2D eigenvalue weighted by Gasteiger charge is 2.13. The van der Waals surface area contributed by atoms with E-state index in [4.69, 9.17) is 4.74 Å². The number of hydrogen-bond donors (Lipinski definition) is 3. The van der Waals surface area contributed by atoms with Gasteiger partial charge in [0.1, 0.15) is 5.75 Å². The van der Waals surface area contributed by atoms with Gasteiger partial charge in [-0.3, -0.25) is 14.4 Å². The van der Waals surface area contributed by atoms with Gasteiger partial charge in [-0.2, -0.15) is 0 Å². The van der Waals surface area contributed by atoms with Gasteiger partial charge in [-0.25, -0.2) is 0 Å². The molecule has 0 fully saturated rings. The predicted octanol–water partition coefficient (Wildman–Crippen LogP) is 4.04. The Morgan fingerprint density at radius 3 is 2.32 bits per heavy atom. The van der Waals surface area contributed by atoms with Crippen molar-refractivity contribution in [1.29, 1.82) is 0 Å². The Morgan fingerprint density at radius 1 is 0.839 bits per heavy atom. The number of para-hydroxylation sites is 3. The summed E-state index contributed by atoms with van der Waals surface area (Å²) >= 11 is 0. The van der Waals surface area contributed by atoms with Crippen molar-refractivity contribution in [3.63, 3.8) is 0 Å². The van der Waals surface area contributed by atoms with Crippen molar-refractivity contribution in [1.82, 2.24) is 4.98 Å². The number of H-pyrrole nitrogens is 1. The first kappa shape index (κ1) is 19.9. The zero-order chi connectivity index (χ0) is 21.8. The second-order valence-corrected chi connectivity index (χ2v) is 6.78. The molecule has 3 N–H and O–H groups in total. The zero-order valence-electron chi connectivity index (χ0n) is 16.6. The van der Waals surface area contributed by atoms with E-state index in [0.717, 1.165) is 0 Å². The van der Waals surface area contributed by atoms with Crippen molar-refractivity contribution < 1.29 is 14.3 Å². The first-order chi connectivity index (χ1) is 15.0. The zero-order valence-corrected chi connectivity index (χ0v) is 16.6. The smallest absolute Gasteiger partial charge is 0.256 e. The molecule has 0 saturated heterocycles. The van der Waals surface area contributed by atoms with Crippen LogP contribution in [0.1, 0.15) is 20.7 Å². The largest absolute Gasteiger partial charge is 0.495 e. The van der Waals surface area contributed by atoms with Crippen LogP contribution >= 0.6 is 0 Å². The third kappa shape index (κ3) is 4.30. The third-order valence-corrected chi connectivity index (χ3v) is 4.76. The van der Waals surface area contributed by atoms with Gasteiger partial charge in [-0.1, -0.05) is 30.3 Å². The van der Waals surface area contributed by atoms with Crippen molar-refractivity contribution in [3.8, 4) is 5.75 Å². The maximum absolute atomic E-state index is 12.8. The first-order valence-corrected chi connectivity index (χ1v) is 9.53. The number of aromatic nitrogens is 1. The summed E-state index contributed by atoms with van der Waals surface area (Å²) in [4.78, 5) is 39.9. The van der Waals surface area contributed by atoms with Gasteiger partial charge in [-0.15, -0.1) is 0 Å². The fourth-order valence-electron chi connectivity index (χ4n) is 3.24. The lowest BCUT2D eigenvalue weighted by Gasteiger charge is -2.11. The monoisotopic (exact) mass is 413 g/mol. The Kier molecular flexibility index (Phi) is 5.49. The highest BCUT2D eigenvalue weighted by Crippen LogP contribution is 2.24. The standard InChI is InChI=1S/C24H19N3O4/c1-31-21-9-5-4-8-20(21)27-23(29)15-10-12-16(13-11-15)25-24(30)18-14-22(28)26-19-7-3-2-6-17(18)19/h2-14H,1H3,(H,25,30)(H,26,28)(H,27,29). The van der Waals surface area contributed by atoms with Crippen LogP contribution in [0.2, 0.25) is 0 Å². The molecule has 0 aliphatic carbocycles. The molecule has 7 nitrogen and oxygen atoms in total. The van der Waals surface area contributed by atoms with Gasteiger partial charge in [0, 0.05) is 28.2 Å². The van der Waals surface area contributed by atoms with E-state index >= 15 is 0 Å². The predicted molar refractivity (Wildman–Crippen MR) is 120 cm³/mol. The first-order valence-electron chi connectivity index (χ1n) is 9.53. The number of pyridine rings is 1. The summed E-state index contributed by atoms with van der Waals surface area (Å²) in [6.07, 6.45) is 0. The van der Waals surface area contributed by atoms with Crippen molar-refractivity contribution in [2.24, 2.45) is 0 Å². The molecule has 31 heavy (non-hydrogen) atoms. The number of carbonyl (C=O) groups is 2. The number of carbonyl (C=O) groups excluding carboxylic acids is 2. The Labute approximate surface area is 177 Å². The maximum Gasteiger partial charge on any atom is 0.256 e. The van der Waals surface area contributed by atoms with Crippen LogP contribution < -0.4 is 20.9 Å². The van der Waals surface area contributed by atoms with Gasteiger partial charge in [0.25, 0.3) is 11.8 Å². The van der Waals surface area contributed by atoms with E-state index in [1.54, 1.807) is 66.7 Å². The van der Waals surface area contributed by atoms with E-state index in [1.165, 1.54) is 13.2 Å². The van der Waals surface area contributed by atoms with Crippen molar-refractivity contribution in [3.05, 3.63) is 100 Å². The van der Waals surface area contributed by atoms with Crippen LogP contribution in [0.15, 0.2) is 83.7 Å². The number of anilines is 2. The molecule has 0 aliphatic rings. The molecule has 0 unspecified atom stereocenters. The number of aromatic amines is 1. The van der Waals surface area contributed by atoms with Gasteiger partial charge in [-0.05, 0) is 42.5 Å². The molecular formula is C24H19N3O4. The molecule has 7 heteroatoms. The summed E-state index contributed by atoms with van der Waals surface area (Å²) in [7, 11) is 1.53. The minimum absolute atomic E-state index is 0.275. The Hall–Kier alpha value is -4.39. The fourth-order valence-corrected chi connectivity index (χ4v) is 3.24. The molecule has 0 atom stereocenters. The molecule has 0 spiro atoms. The van der Waals surface area contributed by atoms with E-state index in [0.29, 0.717) is 33.6 Å². The van der Waals surface area contributed by atoms with Crippen LogP contribution in [0, 0.1) is 0 Å². The molecule has 0 saturated carbocycles. The van der Waals surface area contributed by atoms with Gasteiger partial charge >= 0.3 is 0 Å². The second-order valence-electron chi connectivity index (χ2n) is 6.78. The van der Waals surface area contributed by atoms with Crippen LogP contribution in [0.25, 0.3) is 10.9 Å². The summed E-state index contributed by atoms with van der Waals surface area (Å²) in [5.74, 6) is -0.152. The van der Waals surface area contributed by atoms with Crippen LogP contribution in [0.5, 0.6) is 5.75 Å². The van der Waals surface area contributed by atoms with Crippen LogP contribution in [0.3, 0.4) is 0 Å². The summed E-state index contributed by atoms with van der Waals surface area (Å²) in [5, 5.41) is 6.21.